The van der Waals surface area contributed by atoms with E-state index in [0.29, 0.717) is 5.16 Å². The summed E-state index contributed by atoms with van der Waals surface area (Å²) in [4.78, 5) is 13.1. The number of benzene rings is 2. The van der Waals surface area contributed by atoms with Crippen molar-refractivity contribution in [1.29, 1.82) is 0 Å². The third kappa shape index (κ3) is 3.55. The molecule has 1 aliphatic rings. The molecule has 1 amide bonds. The lowest BCUT2D eigenvalue weighted by Crippen LogP contribution is -2.41. The smallest absolute Gasteiger partial charge is 0.240 e. The molecular weight excluding hydrogens is 374 g/mol. The highest BCUT2D eigenvalue weighted by Gasteiger charge is 2.37. The summed E-state index contributed by atoms with van der Waals surface area (Å²) in [5.41, 5.74) is 6.29. The van der Waals surface area contributed by atoms with Crippen LogP contribution in [0.15, 0.2) is 53.7 Å². The second-order valence-corrected chi connectivity index (χ2v) is 7.75. The number of amides is 1. The molecule has 0 saturated carbocycles. The molecule has 28 heavy (non-hydrogen) atoms. The number of aromatic nitrogens is 3. The highest BCUT2D eigenvalue weighted by Crippen LogP contribution is 2.37. The standard InChI is InChI=1S/C20H21N5O2S/c1-12-4-8-15(9-5-12)21-19(26)18-17(14-6-10-16(27-3)11-7-14)24-25-13(2)22-23-20(25)28-18/h4-11,17-18,24H,1-3H3,(H,21,26)/t17-,18+/m0/s1. The van der Waals surface area contributed by atoms with Gasteiger partial charge in [-0.05, 0) is 43.7 Å². The van der Waals surface area contributed by atoms with Gasteiger partial charge in [0.05, 0.1) is 13.2 Å². The van der Waals surface area contributed by atoms with Crippen molar-refractivity contribution in [3.63, 3.8) is 0 Å². The molecule has 0 radical (unpaired) electrons. The van der Waals surface area contributed by atoms with E-state index in [1.165, 1.54) is 11.8 Å². The molecule has 0 fully saturated rings. The average molecular weight is 395 g/mol. The first-order valence-corrected chi connectivity index (χ1v) is 9.80. The van der Waals surface area contributed by atoms with Gasteiger partial charge in [-0.2, -0.15) is 0 Å². The molecule has 2 atom stereocenters. The molecule has 0 saturated heterocycles. The summed E-state index contributed by atoms with van der Waals surface area (Å²) in [6.45, 7) is 3.89. The summed E-state index contributed by atoms with van der Waals surface area (Å²) in [5.74, 6) is 1.43. The second kappa shape index (κ2) is 7.55. The number of anilines is 1. The molecule has 3 aromatic rings. The predicted octanol–water partition coefficient (Wildman–Crippen LogP) is 3.30. The highest BCUT2D eigenvalue weighted by atomic mass is 32.2. The van der Waals surface area contributed by atoms with Crippen molar-refractivity contribution in [2.24, 2.45) is 0 Å². The number of aryl methyl sites for hydroxylation is 2. The van der Waals surface area contributed by atoms with Gasteiger partial charge in [0, 0.05) is 5.69 Å². The topological polar surface area (TPSA) is 81.1 Å². The van der Waals surface area contributed by atoms with E-state index in [-0.39, 0.29) is 11.9 Å². The van der Waals surface area contributed by atoms with Crippen LogP contribution in [0.2, 0.25) is 0 Å². The normalized spacial score (nSPS) is 18.1. The summed E-state index contributed by atoms with van der Waals surface area (Å²) >= 11 is 1.40. The van der Waals surface area contributed by atoms with E-state index in [4.69, 9.17) is 4.74 Å². The van der Waals surface area contributed by atoms with Crippen LogP contribution in [0, 0.1) is 13.8 Å². The van der Waals surface area contributed by atoms with Crippen molar-refractivity contribution in [3.8, 4) is 5.75 Å². The maximum Gasteiger partial charge on any atom is 0.240 e. The lowest BCUT2D eigenvalue weighted by Gasteiger charge is -2.32. The maximum atomic E-state index is 13.1. The first-order chi connectivity index (χ1) is 13.5. The number of carbonyl (C=O) groups excluding carboxylic acids is 1. The van der Waals surface area contributed by atoms with Crippen molar-refractivity contribution in [3.05, 3.63) is 65.5 Å². The van der Waals surface area contributed by atoms with E-state index >= 15 is 0 Å². The lowest BCUT2D eigenvalue weighted by atomic mass is 10.0. The predicted molar refractivity (Wildman–Crippen MR) is 109 cm³/mol. The third-order valence-electron chi connectivity index (χ3n) is 4.65. The van der Waals surface area contributed by atoms with Gasteiger partial charge in [-0.3, -0.25) is 4.79 Å². The van der Waals surface area contributed by atoms with Gasteiger partial charge in [0.1, 0.15) is 16.8 Å². The molecule has 2 heterocycles. The van der Waals surface area contributed by atoms with E-state index in [2.05, 4.69) is 20.9 Å². The molecule has 2 aromatic carbocycles. The fourth-order valence-corrected chi connectivity index (χ4v) is 4.20. The SMILES string of the molecule is COc1ccc([C@@H]2Nn3c(C)nnc3S[C@H]2C(=O)Nc2ccc(C)cc2)cc1. The van der Waals surface area contributed by atoms with E-state index in [0.717, 1.165) is 28.4 Å². The number of fused-ring (bicyclic) bond motifs is 1. The lowest BCUT2D eigenvalue weighted by molar-refractivity contribution is -0.116. The van der Waals surface area contributed by atoms with Crippen LogP contribution in [-0.4, -0.2) is 33.1 Å². The van der Waals surface area contributed by atoms with Crippen LogP contribution in [0.5, 0.6) is 5.75 Å². The fraction of sp³-hybridized carbons (Fsp3) is 0.250. The number of carbonyl (C=O) groups is 1. The minimum atomic E-state index is -0.411. The Bertz CT molecular complexity index is 985. The molecule has 8 heteroatoms. The number of hydrogen-bond acceptors (Lipinski definition) is 6. The van der Waals surface area contributed by atoms with Gasteiger partial charge >= 0.3 is 0 Å². The highest BCUT2D eigenvalue weighted by molar-refractivity contribution is 8.00. The van der Waals surface area contributed by atoms with Crippen molar-refractivity contribution >= 4 is 23.4 Å². The van der Waals surface area contributed by atoms with Crippen LogP contribution in [0.25, 0.3) is 0 Å². The van der Waals surface area contributed by atoms with Crippen molar-refractivity contribution < 1.29 is 9.53 Å². The number of methoxy groups -OCH3 is 1. The van der Waals surface area contributed by atoms with Gasteiger partial charge in [-0.25, -0.2) is 4.68 Å². The number of ether oxygens (including phenoxy) is 1. The Morgan fingerprint density at radius 1 is 1.11 bits per heavy atom. The summed E-state index contributed by atoms with van der Waals surface area (Å²) in [5, 5.41) is 11.6. The Labute approximate surface area is 167 Å². The number of rotatable bonds is 4. The van der Waals surface area contributed by atoms with Crippen LogP contribution < -0.4 is 15.5 Å². The van der Waals surface area contributed by atoms with Gasteiger partial charge in [0.15, 0.2) is 0 Å². The first-order valence-electron chi connectivity index (χ1n) is 8.92. The van der Waals surface area contributed by atoms with E-state index in [1.807, 2.05) is 67.1 Å². The molecule has 0 spiro atoms. The summed E-state index contributed by atoms with van der Waals surface area (Å²) in [6.07, 6.45) is 0. The Morgan fingerprint density at radius 3 is 2.50 bits per heavy atom. The fourth-order valence-electron chi connectivity index (χ4n) is 3.07. The molecule has 144 valence electrons. The van der Waals surface area contributed by atoms with E-state index < -0.39 is 5.25 Å². The van der Waals surface area contributed by atoms with Gasteiger partial charge < -0.3 is 15.5 Å². The third-order valence-corrected chi connectivity index (χ3v) is 5.87. The molecule has 1 aliphatic heterocycles. The van der Waals surface area contributed by atoms with E-state index in [9.17, 15) is 4.79 Å². The number of nitrogens with one attached hydrogen (secondary N) is 2. The minimum Gasteiger partial charge on any atom is -0.497 e. The van der Waals surface area contributed by atoms with Gasteiger partial charge in [0.2, 0.25) is 11.1 Å². The zero-order valence-electron chi connectivity index (χ0n) is 15.8. The van der Waals surface area contributed by atoms with Crippen LogP contribution in [0.3, 0.4) is 0 Å². The summed E-state index contributed by atoms with van der Waals surface area (Å²) < 4.78 is 7.08. The molecule has 7 nitrogen and oxygen atoms in total. The number of hydrogen-bond donors (Lipinski definition) is 2. The molecule has 2 N–H and O–H groups in total. The van der Waals surface area contributed by atoms with Crippen LogP contribution in [-0.2, 0) is 4.79 Å². The van der Waals surface area contributed by atoms with Crippen LogP contribution in [0.1, 0.15) is 23.0 Å². The maximum absolute atomic E-state index is 13.1. The van der Waals surface area contributed by atoms with Crippen LogP contribution in [0.4, 0.5) is 5.69 Å². The zero-order chi connectivity index (χ0) is 19.7. The van der Waals surface area contributed by atoms with Gasteiger partial charge in [-0.15, -0.1) is 10.2 Å². The first kappa shape index (κ1) is 18.4. The molecule has 0 bridgehead atoms. The number of thioether (sulfide) groups is 1. The number of nitrogens with zero attached hydrogens (tertiary/aromatic N) is 3. The molecule has 4 rings (SSSR count). The molecule has 1 aromatic heterocycles. The monoisotopic (exact) mass is 395 g/mol. The quantitative estimate of drug-likeness (QED) is 0.706. The Kier molecular flexibility index (Phi) is 4.95. The van der Waals surface area contributed by atoms with Crippen molar-refractivity contribution in [1.82, 2.24) is 14.9 Å². The molecule has 0 unspecified atom stereocenters. The summed E-state index contributed by atoms with van der Waals surface area (Å²) in [6, 6.07) is 15.2. The molecular formula is C20H21N5O2S. The van der Waals surface area contributed by atoms with Crippen LogP contribution >= 0.6 is 11.8 Å². The van der Waals surface area contributed by atoms with E-state index in [1.54, 1.807) is 7.11 Å². The summed E-state index contributed by atoms with van der Waals surface area (Å²) in [7, 11) is 1.63. The molecule has 0 aliphatic carbocycles. The zero-order valence-corrected chi connectivity index (χ0v) is 16.7. The largest absolute Gasteiger partial charge is 0.497 e. The average Bonchev–Trinajstić information content (AvgIpc) is 3.09. The second-order valence-electron chi connectivity index (χ2n) is 6.64. The Balaban J connectivity index is 1.64. The van der Waals surface area contributed by atoms with Gasteiger partial charge in [0.25, 0.3) is 0 Å². The van der Waals surface area contributed by atoms with Crippen molar-refractivity contribution in [2.45, 2.75) is 30.3 Å². The Hall–Kier alpha value is -3.00. The minimum absolute atomic E-state index is 0.0888. The van der Waals surface area contributed by atoms with Crippen molar-refractivity contribution in [2.75, 3.05) is 17.9 Å². The Morgan fingerprint density at radius 2 is 1.82 bits per heavy atom. The van der Waals surface area contributed by atoms with Gasteiger partial charge in [-0.1, -0.05) is 41.6 Å².